The molecule has 170 valence electrons. The van der Waals surface area contributed by atoms with Crippen molar-refractivity contribution in [2.75, 3.05) is 20.3 Å². The predicted molar refractivity (Wildman–Crippen MR) is 127 cm³/mol. The molecule has 8 heteroatoms. The molecule has 0 atom stereocenters. The van der Waals surface area contributed by atoms with E-state index < -0.39 is 0 Å². The van der Waals surface area contributed by atoms with Gasteiger partial charge in [0, 0.05) is 35.5 Å². The lowest BCUT2D eigenvalue weighted by Crippen LogP contribution is -2.25. The van der Waals surface area contributed by atoms with E-state index in [-0.39, 0.29) is 5.91 Å². The number of H-pyrrole nitrogens is 1. The van der Waals surface area contributed by atoms with Crippen molar-refractivity contribution in [1.29, 1.82) is 0 Å². The molecule has 3 aromatic heterocycles. The van der Waals surface area contributed by atoms with Crippen molar-refractivity contribution >= 4 is 16.8 Å². The summed E-state index contributed by atoms with van der Waals surface area (Å²) in [4.78, 5) is 22.0. The first-order chi connectivity index (χ1) is 16.0. The Morgan fingerprint density at radius 2 is 1.97 bits per heavy atom. The number of fused-ring (bicyclic) bond motifs is 1. The molecule has 0 radical (unpaired) electrons. The highest BCUT2D eigenvalue weighted by Gasteiger charge is 2.15. The van der Waals surface area contributed by atoms with E-state index in [1.54, 1.807) is 19.2 Å². The van der Waals surface area contributed by atoms with Crippen LogP contribution in [0.25, 0.3) is 22.2 Å². The van der Waals surface area contributed by atoms with Crippen molar-refractivity contribution in [3.8, 4) is 22.9 Å². The fraction of sp³-hybridized carbons (Fsp3) is 0.280. The van der Waals surface area contributed by atoms with Gasteiger partial charge in [-0.3, -0.25) is 9.89 Å². The molecule has 0 aliphatic heterocycles. The van der Waals surface area contributed by atoms with Crippen LogP contribution in [-0.2, 0) is 6.42 Å². The number of hydrogen-bond acceptors (Lipinski definition) is 6. The van der Waals surface area contributed by atoms with Gasteiger partial charge in [0.05, 0.1) is 36.2 Å². The lowest BCUT2D eigenvalue weighted by Gasteiger charge is -2.13. The molecule has 33 heavy (non-hydrogen) atoms. The molecule has 4 rings (SSSR count). The zero-order valence-electron chi connectivity index (χ0n) is 19.2. The number of benzene rings is 1. The Hall–Kier alpha value is -3.94. The van der Waals surface area contributed by atoms with Gasteiger partial charge in [-0.1, -0.05) is 0 Å². The topological polar surface area (TPSA) is 102 Å². The minimum atomic E-state index is -0.155. The molecule has 0 bridgehead atoms. The van der Waals surface area contributed by atoms with E-state index in [4.69, 9.17) is 14.5 Å². The fourth-order valence-electron chi connectivity index (χ4n) is 3.68. The van der Waals surface area contributed by atoms with Crippen LogP contribution in [0.2, 0.25) is 0 Å². The summed E-state index contributed by atoms with van der Waals surface area (Å²) >= 11 is 0. The number of rotatable bonds is 8. The van der Waals surface area contributed by atoms with Crippen LogP contribution < -0.4 is 14.8 Å². The van der Waals surface area contributed by atoms with Crippen LogP contribution in [0.3, 0.4) is 0 Å². The molecule has 1 aromatic carbocycles. The van der Waals surface area contributed by atoms with Gasteiger partial charge in [-0.05, 0) is 63.1 Å². The third kappa shape index (κ3) is 4.79. The second-order valence-electron chi connectivity index (χ2n) is 7.68. The summed E-state index contributed by atoms with van der Waals surface area (Å²) in [5.41, 5.74) is 5.51. The number of aromatic amines is 1. The molecule has 0 saturated heterocycles. The monoisotopic (exact) mass is 445 g/mol. The number of hydrogen-bond donors (Lipinski definition) is 2. The number of nitrogens with zero attached hydrogens (tertiary/aromatic N) is 3. The highest BCUT2D eigenvalue weighted by molar-refractivity contribution is 5.99. The Kier molecular flexibility index (Phi) is 6.53. The third-order valence-electron chi connectivity index (χ3n) is 5.42. The van der Waals surface area contributed by atoms with Crippen molar-refractivity contribution in [3.63, 3.8) is 0 Å². The summed E-state index contributed by atoms with van der Waals surface area (Å²) in [7, 11) is 1.59. The van der Waals surface area contributed by atoms with Crippen molar-refractivity contribution in [1.82, 2.24) is 25.5 Å². The van der Waals surface area contributed by atoms with Gasteiger partial charge in [0.15, 0.2) is 0 Å². The van der Waals surface area contributed by atoms with Crippen LogP contribution in [0.5, 0.6) is 11.6 Å². The van der Waals surface area contributed by atoms with Gasteiger partial charge in [-0.25, -0.2) is 9.97 Å². The molecule has 3 heterocycles. The minimum Gasteiger partial charge on any atom is -0.493 e. The Labute approximate surface area is 192 Å². The molecule has 0 unspecified atom stereocenters. The van der Waals surface area contributed by atoms with Gasteiger partial charge in [0.1, 0.15) is 5.75 Å². The molecule has 4 aromatic rings. The number of methoxy groups -OCH3 is 1. The highest BCUT2D eigenvalue weighted by Crippen LogP contribution is 2.34. The van der Waals surface area contributed by atoms with Crippen molar-refractivity contribution in [3.05, 3.63) is 65.1 Å². The first-order valence-corrected chi connectivity index (χ1v) is 10.9. The SMILES string of the molecule is CCOc1cc(-c2ccc(C)nc2OC)nc2cc(C(=O)NCCc3c[nH]nc3C)ccc12. The number of nitrogens with one attached hydrogen (secondary N) is 2. The van der Waals surface area contributed by atoms with Crippen LogP contribution in [0, 0.1) is 13.8 Å². The summed E-state index contributed by atoms with van der Waals surface area (Å²) in [5, 5.41) is 10.8. The summed E-state index contributed by atoms with van der Waals surface area (Å²) in [6.07, 6.45) is 2.56. The maximum absolute atomic E-state index is 12.8. The number of amides is 1. The second-order valence-corrected chi connectivity index (χ2v) is 7.68. The van der Waals surface area contributed by atoms with Crippen molar-refractivity contribution in [2.24, 2.45) is 0 Å². The van der Waals surface area contributed by atoms with E-state index in [0.29, 0.717) is 48.0 Å². The molecule has 8 nitrogen and oxygen atoms in total. The van der Waals surface area contributed by atoms with Gasteiger partial charge < -0.3 is 14.8 Å². The van der Waals surface area contributed by atoms with Crippen LogP contribution in [0.1, 0.15) is 34.2 Å². The summed E-state index contributed by atoms with van der Waals surface area (Å²) in [6, 6.07) is 11.2. The largest absolute Gasteiger partial charge is 0.493 e. The standard InChI is InChI=1S/C25H27N5O3/c1-5-33-23-13-22(20-8-6-15(2)28-25(20)32-4)29-21-12-17(7-9-19(21)23)24(31)26-11-10-18-14-27-30-16(18)3/h6-9,12-14H,5,10-11H2,1-4H3,(H,26,31)(H,27,30). The molecule has 0 fully saturated rings. The van der Waals surface area contributed by atoms with Gasteiger partial charge in [0.2, 0.25) is 5.88 Å². The van der Waals surface area contributed by atoms with Crippen LogP contribution in [-0.4, -0.2) is 46.3 Å². The average molecular weight is 446 g/mol. The Morgan fingerprint density at radius 1 is 1.12 bits per heavy atom. The first kappa shape index (κ1) is 22.3. The summed E-state index contributed by atoms with van der Waals surface area (Å²) in [6.45, 7) is 6.81. The van der Waals surface area contributed by atoms with Crippen molar-refractivity contribution < 1.29 is 14.3 Å². The number of carbonyl (C=O) groups excluding carboxylic acids is 1. The smallest absolute Gasteiger partial charge is 0.251 e. The Balaban J connectivity index is 1.65. The predicted octanol–water partition coefficient (Wildman–Crippen LogP) is 4.02. The molecule has 0 saturated carbocycles. The average Bonchev–Trinajstić information content (AvgIpc) is 3.23. The number of aryl methyl sites for hydroxylation is 2. The highest BCUT2D eigenvalue weighted by atomic mass is 16.5. The van der Waals surface area contributed by atoms with E-state index in [1.165, 1.54) is 0 Å². The lowest BCUT2D eigenvalue weighted by molar-refractivity contribution is 0.0954. The molecule has 2 N–H and O–H groups in total. The van der Waals surface area contributed by atoms with Crippen molar-refractivity contribution in [2.45, 2.75) is 27.2 Å². The molecular weight excluding hydrogens is 418 g/mol. The normalized spacial score (nSPS) is 10.9. The Bertz CT molecular complexity index is 1300. The van der Waals surface area contributed by atoms with E-state index in [9.17, 15) is 4.79 Å². The third-order valence-corrected chi connectivity index (χ3v) is 5.42. The van der Waals surface area contributed by atoms with E-state index in [2.05, 4.69) is 20.5 Å². The minimum absolute atomic E-state index is 0.155. The maximum atomic E-state index is 12.8. The number of ether oxygens (including phenoxy) is 2. The van der Waals surface area contributed by atoms with Gasteiger partial charge in [-0.2, -0.15) is 5.10 Å². The van der Waals surface area contributed by atoms with E-state index >= 15 is 0 Å². The van der Waals surface area contributed by atoms with Gasteiger partial charge >= 0.3 is 0 Å². The fourth-order valence-corrected chi connectivity index (χ4v) is 3.68. The molecule has 0 aliphatic carbocycles. The first-order valence-electron chi connectivity index (χ1n) is 10.9. The zero-order valence-corrected chi connectivity index (χ0v) is 19.2. The Morgan fingerprint density at radius 3 is 2.70 bits per heavy atom. The van der Waals surface area contributed by atoms with Crippen LogP contribution in [0.15, 0.2) is 42.6 Å². The zero-order chi connectivity index (χ0) is 23.4. The maximum Gasteiger partial charge on any atom is 0.251 e. The second kappa shape index (κ2) is 9.68. The molecule has 0 spiro atoms. The quantitative estimate of drug-likeness (QED) is 0.425. The number of pyridine rings is 2. The summed E-state index contributed by atoms with van der Waals surface area (Å²) < 4.78 is 11.4. The van der Waals surface area contributed by atoms with E-state index in [1.807, 2.05) is 51.2 Å². The van der Waals surface area contributed by atoms with Crippen LogP contribution >= 0.6 is 0 Å². The molecule has 0 aliphatic rings. The molecular formula is C25H27N5O3. The van der Waals surface area contributed by atoms with E-state index in [0.717, 1.165) is 27.9 Å². The van der Waals surface area contributed by atoms with Gasteiger partial charge in [0.25, 0.3) is 5.91 Å². The van der Waals surface area contributed by atoms with Crippen LogP contribution in [0.4, 0.5) is 0 Å². The number of aromatic nitrogens is 4. The number of carbonyl (C=O) groups is 1. The lowest BCUT2D eigenvalue weighted by atomic mass is 10.1. The van der Waals surface area contributed by atoms with Gasteiger partial charge in [-0.15, -0.1) is 0 Å². The molecule has 1 amide bonds. The summed E-state index contributed by atoms with van der Waals surface area (Å²) in [5.74, 6) is 1.04.